The molecular formula is C19H16ClN3O. The molecule has 0 amide bonds. The Labute approximate surface area is 145 Å². The Morgan fingerprint density at radius 3 is 2.71 bits per heavy atom. The number of fused-ring (bicyclic) bond motifs is 1. The summed E-state index contributed by atoms with van der Waals surface area (Å²) < 4.78 is 0. The van der Waals surface area contributed by atoms with Crippen molar-refractivity contribution in [2.75, 3.05) is 11.4 Å². The second kappa shape index (κ2) is 6.77. The summed E-state index contributed by atoms with van der Waals surface area (Å²) in [4.78, 5) is 21.2. The van der Waals surface area contributed by atoms with Crippen LogP contribution in [0.2, 0.25) is 5.02 Å². The first-order valence-corrected chi connectivity index (χ1v) is 7.88. The van der Waals surface area contributed by atoms with Gasteiger partial charge in [0.25, 0.3) is 5.56 Å². The van der Waals surface area contributed by atoms with E-state index < -0.39 is 0 Å². The lowest BCUT2D eigenvalue weighted by atomic mass is 10.1. The van der Waals surface area contributed by atoms with E-state index in [1.165, 1.54) is 0 Å². The molecule has 5 heteroatoms. The van der Waals surface area contributed by atoms with Gasteiger partial charge in [0.05, 0.1) is 17.4 Å². The molecule has 3 rings (SSSR count). The van der Waals surface area contributed by atoms with Crippen molar-refractivity contribution in [3.63, 3.8) is 0 Å². The maximum atomic E-state index is 12.1. The average molecular weight is 338 g/mol. The molecule has 1 aromatic heterocycles. The molecule has 3 aromatic rings. The highest BCUT2D eigenvalue weighted by molar-refractivity contribution is 6.30. The molecule has 0 saturated carbocycles. The Morgan fingerprint density at radius 1 is 1.25 bits per heavy atom. The highest BCUT2D eigenvalue weighted by atomic mass is 35.5. The zero-order valence-corrected chi connectivity index (χ0v) is 14.0. The monoisotopic (exact) mass is 337 g/mol. The third-order valence-corrected chi connectivity index (χ3v) is 3.99. The van der Waals surface area contributed by atoms with Crippen molar-refractivity contribution in [3.8, 4) is 12.3 Å². The lowest BCUT2D eigenvalue weighted by Crippen LogP contribution is -2.23. The lowest BCUT2D eigenvalue weighted by molar-refractivity contribution is 0.879. The third kappa shape index (κ3) is 3.42. The summed E-state index contributed by atoms with van der Waals surface area (Å²) in [6.07, 6.45) is 5.50. The Balaban J connectivity index is 1.95. The normalized spacial score (nSPS) is 10.5. The molecule has 0 spiro atoms. The number of hydrogen-bond acceptors (Lipinski definition) is 3. The van der Waals surface area contributed by atoms with Gasteiger partial charge in [-0.25, -0.2) is 4.98 Å². The van der Waals surface area contributed by atoms with Gasteiger partial charge in [0.15, 0.2) is 0 Å². The van der Waals surface area contributed by atoms with Gasteiger partial charge in [-0.05, 0) is 48.9 Å². The standard InChI is InChI=1S/C19H16ClN3O/c1-3-10-23(16-7-5-15(20)6-8-16)12-14-4-9-18-17(11-14)19(24)22-13(2)21-18/h1,4-9,11H,10,12H2,2H3,(H,21,22,24). The van der Waals surface area contributed by atoms with Crippen molar-refractivity contribution in [2.45, 2.75) is 13.5 Å². The maximum absolute atomic E-state index is 12.1. The molecule has 0 aliphatic heterocycles. The Kier molecular flexibility index (Phi) is 4.54. The zero-order chi connectivity index (χ0) is 17.1. The summed E-state index contributed by atoms with van der Waals surface area (Å²) in [5, 5.41) is 1.26. The van der Waals surface area contributed by atoms with Gasteiger partial charge in [-0.1, -0.05) is 23.6 Å². The SMILES string of the molecule is C#CCN(Cc1ccc2nc(C)[nH]c(=O)c2c1)c1ccc(Cl)cc1. The molecule has 4 nitrogen and oxygen atoms in total. The summed E-state index contributed by atoms with van der Waals surface area (Å²) in [5.74, 6) is 3.28. The minimum absolute atomic E-state index is 0.130. The number of aromatic amines is 1. The number of hydrogen-bond donors (Lipinski definition) is 1. The van der Waals surface area contributed by atoms with Gasteiger partial charge in [-0.2, -0.15) is 0 Å². The van der Waals surface area contributed by atoms with Crippen LogP contribution in [-0.2, 0) is 6.54 Å². The molecule has 0 saturated heterocycles. The van der Waals surface area contributed by atoms with Crippen LogP contribution in [0.3, 0.4) is 0 Å². The van der Waals surface area contributed by atoms with Crippen molar-refractivity contribution >= 4 is 28.2 Å². The molecule has 0 bridgehead atoms. The first-order valence-electron chi connectivity index (χ1n) is 7.50. The van der Waals surface area contributed by atoms with Crippen molar-refractivity contribution in [3.05, 3.63) is 69.2 Å². The van der Waals surface area contributed by atoms with E-state index in [4.69, 9.17) is 18.0 Å². The highest BCUT2D eigenvalue weighted by Gasteiger charge is 2.09. The first-order chi connectivity index (χ1) is 11.6. The fourth-order valence-electron chi connectivity index (χ4n) is 2.62. The number of terminal acetylenes is 1. The molecule has 2 aromatic carbocycles. The number of benzene rings is 2. The van der Waals surface area contributed by atoms with Gasteiger partial charge in [-0.3, -0.25) is 4.79 Å². The van der Waals surface area contributed by atoms with Crippen LogP contribution >= 0.6 is 11.6 Å². The van der Waals surface area contributed by atoms with E-state index in [1.807, 2.05) is 47.4 Å². The van der Waals surface area contributed by atoms with Gasteiger partial charge < -0.3 is 9.88 Å². The van der Waals surface area contributed by atoms with Crippen LogP contribution in [-0.4, -0.2) is 16.5 Å². The van der Waals surface area contributed by atoms with Gasteiger partial charge in [-0.15, -0.1) is 6.42 Å². The Hall–Kier alpha value is -2.77. The molecule has 0 aliphatic carbocycles. The van der Waals surface area contributed by atoms with E-state index in [9.17, 15) is 4.79 Å². The van der Waals surface area contributed by atoms with E-state index in [2.05, 4.69) is 15.9 Å². The summed E-state index contributed by atoms with van der Waals surface area (Å²) in [7, 11) is 0. The summed E-state index contributed by atoms with van der Waals surface area (Å²) in [6, 6.07) is 13.2. The minimum atomic E-state index is -0.130. The number of nitrogens with zero attached hydrogens (tertiary/aromatic N) is 2. The van der Waals surface area contributed by atoms with Crippen LogP contribution in [0, 0.1) is 19.3 Å². The largest absolute Gasteiger partial charge is 0.356 e. The topological polar surface area (TPSA) is 49.0 Å². The van der Waals surface area contributed by atoms with Crippen molar-refractivity contribution in [1.82, 2.24) is 9.97 Å². The van der Waals surface area contributed by atoms with E-state index in [0.717, 1.165) is 11.3 Å². The van der Waals surface area contributed by atoms with Crippen LogP contribution in [0.1, 0.15) is 11.4 Å². The lowest BCUT2D eigenvalue weighted by Gasteiger charge is -2.22. The summed E-state index contributed by atoms with van der Waals surface area (Å²) in [5.41, 5.74) is 2.53. The molecule has 0 fully saturated rings. The Bertz CT molecular complexity index is 971. The molecular weight excluding hydrogens is 322 g/mol. The second-order valence-electron chi connectivity index (χ2n) is 5.54. The number of aromatic nitrogens is 2. The fraction of sp³-hybridized carbons (Fsp3) is 0.158. The molecule has 1 N–H and O–H groups in total. The number of anilines is 1. The average Bonchev–Trinajstić information content (AvgIpc) is 2.56. The van der Waals surface area contributed by atoms with Crippen molar-refractivity contribution in [1.29, 1.82) is 0 Å². The molecule has 120 valence electrons. The molecule has 0 atom stereocenters. The van der Waals surface area contributed by atoms with Crippen molar-refractivity contribution < 1.29 is 0 Å². The van der Waals surface area contributed by atoms with E-state index >= 15 is 0 Å². The minimum Gasteiger partial charge on any atom is -0.356 e. The van der Waals surface area contributed by atoms with Gasteiger partial charge in [0, 0.05) is 17.3 Å². The Morgan fingerprint density at radius 2 is 2.00 bits per heavy atom. The van der Waals surface area contributed by atoms with E-state index in [0.29, 0.717) is 34.8 Å². The quantitative estimate of drug-likeness (QED) is 0.741. The number of nitrogens with one attached hydrogen (secondary N) is 1. The van der Waals surface area contributed by atoms with Crippen LogP contribution in [0.15, 0.2) is 47.3 Å². The van der Waals surface area contributed by atoms with Gasteiger partial charge >= 0.3 is 0 Å². The van der Waals surface area contributed by atoms with Gasteiger partial charge in [0.2, 0.25) is 0 Å². The van der Waals surface area contributed by atoms with E-state index in [1.54, 1.807) is 6.92 Å². The number of halogens is 1. The number of rotatable bonds is 4. The second-order valence-corrected chi connectivity index (χ2v) is 5.98. The maximum Gasteiger partial charge on any atom is 0.258 e. The molecule has 0 aliphatic rings. The molecule has 24 heavy (non-hydrogen) atoms. The summed E-state index contributed by atoms with van der Waals surface area (Å²) in [6.45, 7) is 2.82. The summed E-state index contributed by atoms with van der Waals surface area (Å²) >= 11 is 5.95. The zero-order valence-electron chi connectivity index (χ0n) is 13.2. The molecule has 0 radical (unpaired) electrons. The smallest absolute Gasteiger partial charge is 0.258 e. The van der Waals surface area contributed by atoms with Gasteiger partial charge in [0.1, 0.15) is 5.82 Å². The predicted molar refractivity (Wildman–Crippen MR) is 98.4 cm³/mol. The van der Waals surface area contributed by atoms with Crippen LogP contribution in [0.5, 0.6) is 0 Å². The van der Waals surface area contributed by atoms with Crippen LogP contribution in [0.4, 0.5) is 5.69 Å². The third-order valence-electron chi connectivity index (χ3n) is 3.74. The van der Waals surface area contributed by atoms with Crippen LogP contribution in [0.25, 0.3) is 10.9 Å². The number of aryl methyl sites for hydroxylation is 1. The molecule has 1 heterocycles. The highest BCUT2D eigenvalue weighted by Crippen LogP contribution is 2.21. The number of H-pyrrole nitrogens is 1. The predicted octanol–water partition coefficient (Wildman–Crippen LogP) is 3.52. The first kappa shape index (κ1) is 16.1. The van der Waals surface area contributed by atoms with Crippen molar-refractivity contribution in [2.24, 2.45) is 0 Å². The van der Waals surface area contributed by atoms with E-state index in [-0.39, 0.29) is 5.56 Å². The fourth-order valence-corrected chi connectivity index (χ4v) is 2.75. The van der Waals surface area contributed by atoms with Crippen LogP contribution < -0.4 is 10.5 Å². The molecule has 0 unspecified atom stereocenters.